The second-order valence-electron chi connectivity index (χ2n) is 9.11. The van der Waals surface area contributed by atoms with Crippen molar-refractivity contribution < 1.29 is 14.2 Å². The lowest BCUT2D eigenvalue weighted by molar-refractivity contribution is -0.0115. The molecule has 0 N–H and O–H groups in total. The maximum absolute atomic E-state index is 5.54. The van der Waals surface area contributed by atoms with E-state index >= 15 is 0 Å². The van der Waals surface area contributed by atoms with Crippen molar-refractivity contribution >= 4 is 0 Å². The van der Waals surface area contributed by atoms with Gasteiger partial charge < -0.3 is 14.2 Å². The highest BCUT2D eigenvalue weighted by molar-refractivity contribution is 4.67. The minimum absolute atomic E-state index is 0.554. The third kappa shape index (κ3) is 11.4. The van der Waals surface area contributed by atoms with Crippen LogP contribution in [0.1, 0.15) is 73.6 Å². The van der Waals surface area contributed by atoms with Gasteiger partial charge in [-0.2, -0.15) is 0 Å². The van der Waals surface area contributed by atoms with Crippen LogP contribution in [0.5, 0.6) is 0 Å². The molecule has 0 aliphatic carbocycles. The summed E-state index contributed by atoms with van der Waals surface area (Å²) in [4.78, 5) is 2.43. The third-order valence-corrected chi connectivity index (χ3v) is 5.87. The molecule has 3 saturated heterocycles. The fourth-order valence-corrected chi connectivity index (χ4v) is 3.68. The molecule has 3 heterocycles. The predicted molar refractivity (Wildman–Crippen MR) is 114 cm³/mol. The van der Waals surface area contributed by atoms with Gasteiger partial charge in [-0.3, -0.25) is 4.90 Å². The molecule has 0 spiro atoms. The van der Waals surface area contributed by atoms with Crippen LogP contribution in [0.25, 0.3) is 0 Å². The van der Waals surface area contributed by atoms with Gasteiger partial charge in [-0.1, -0.05) is 27.7 Å². The zero-order valence-electron chi connectivity index (χ0n) is 19.0. The quantitative estimate of drug-likeness (QED) is 0.683. The molecule has 2 atom stereocenters. The SMILES string of the molecule is CC(C)C1CCCCO1.CC(C)C1CCCOC1.CC(C)N1CCOCC1. The predicted octanol–water partition coefficient (Wildman–Crippen LogP) is 5.01. The average Bonchev–Trinajstić information content (AvgIpc) is 2.71. The van der Waals surface area contributed by atoms with Crippen molar-refractivity contribution in [1.82, 2.24) is 4.90 Å². The Labute approximate surface area is 169 Å². The summed E-state index contributed by atoms with van der Waals surface area (Å²) in [6.45, 7) is 20.5. The molecule has 4 heteroatoms. The standard InChI is InChI=1S/2C8H16O.C7H15NO/c1-7(2)8-4-3-5-9-6-8;1-7(2)8-5-3-4-6-9-8;1-7(2)8-3-5-9-6-4-8/h2*7-8H,3-6H2,1-2H3;7H,3-6H2,1-2H3. The molecule has 2 unspecified atom stereocenters. The number of hydrogen-bond donors (Lipinski definition) is 0. The van der Waals surface area contributed by atoms with E-state index in [1.165, 1.54) is 32.1 Å². The fourth-order valence-electron chi connectivity index (χ4n) is 3.68. The van der Waals surface area contributed by atoms with Crippen LogP contribution in [-0.4, -0.2) is 63.2 Å². The van der Waals surface area contributed by atoms with Crippen molar-refractivity contribution in [1.29, 1.82) is 0 Å². The third-order valence-electron chi connectivity index (χ3n) is 5.87. The van der Waals surface area contributed by atoms with Crippen LogP contribution in [0.4, 0.5) is 0 Å². The van der Waals surface area contributed by atoms with Gasteiger partial charge in [0.2, 0.25) is 0 Å². The molecule has 0 aromatic rings. The topological polar surface area (TPSA) is 30.9 Å². The molecule has 27 heavy (non-hydrogen) atoms. The Balaban J connectivity index is 0.000000202. The van der Waals surface area contributed by atoms with E-state index < -0.39 is 0 Å². The first-order chi connectivity index (χ1) is 12.9. The molecular formula is C23H47NO3. The van der Waals surface area contributed by atoms with E-state index in [2.05, 4.69) is 46.4 Å². The van der Waals surface area contributed by atoms with Crippen LogP contribution >= 0.6 is 0 Å². The van der Waals surface area contributed by atoms with Gasteiger partial charge in [0.15, 0.2) is 0 Å². The van der Waals surface area contributed by atoms with Crippen LogP contribution in [0.15, 0.2) is 0 Å². The van der Waals surface area contributed by atoms with Gasteiger partial charge in [0.1, 0.15) is 0 Å². The first-order valence-electron chi connectivity index (χ1n) is 11.4. The highest BCUT2D eigenvalue weighted by atomic mass is 16.5. The molecule has 3 rings (SSSR count). The monoisotopic (exact) mass is 385 g/mol. The maximum atomic E-state index is 5.54. The van der Waals surface area contributed by atoms with Crippen LogP contribution in [-0.2, 0) is 14.2 Å². The number of ether oxygens (including phenoxy) is 3. The van der Waals surface area contributed by atoms with Crippen molar-refractivity contribution in [2.45, 2.75) is 85.8 Å². The van der Waals surface area contributed by atoms with Crippen LogP contribution < -0.4 is 0 Å². The summed E-state index contributed by atoms with van der Waals surface area (Å²) in [5.41, 5.74) is 0. The van der Waals surface area contributed by atoms with Crippen LogP contribution in [0.2, 0.25) is 0 Å². The summed E-state index contributed by atoms with van der Waals surface area (Å²) in [6.07, 6.45) is 7.10. The maximum Gasteiger partial charge on any atom is 0.0598 e. The van der Waals surface area contributed by atoms with E-state index in [9.17, 15) is 0 Å². The number of morpholine rings is 1. The Morgan fingerprint density at radius 1 is 0.704 bits per heavy atom. The van der Waals surface area contributed by atoms with Crippen molar-refractivity contribution in [3.05, 3.63) is 0 Å². The van der Waals surface area contributed by atoms with E-state index in [4.69, 9.17) is 14.2 Å². The highest BCUT2D eigenvalue weighted by Crippen LogP contribution is 2.21. The minimum atomic E-state index is 0.554. The van der Waals surface area contributed by atoms with Crippen molar-refractivity contribution in [2.24, 2.45) is 17.8 Å². The van der Waals surface area contributed by atoms with Gasteiger partial charge in [-0.05, 0) is 63.7 Å². The Morgan fingerprint density at radius 3 is 1.74 bits per heavy atom. The van der Waals surface area contributed by atoms with Crippen molar-refractivity contribution in [3.63, 3.8) is 0 Å². The Morgan fingerprint density at radius 2 is 1.41 bits per heavy atom. The molecule has 0 saturated carbocycles. The van der Waals surface area contributed by atoms with E-state index in [0.29, 0.717) is 18.1 Å². The Hall–Kier alpha value is -0.160. The lowest BCUT2D eigenvalue weighted by Gasteiger charge is -2.29. The van der Waals surface area contributed by atoms with Gasteiger partial charge in [-0.15, -0.1) is 0 Å². The molecule has 3 aliphatic rings. The molecule has 3 aliphatic heterocycles. The van der Waals surface area contributed by atoms with Gasteiger partial charge in [0, 0.05) is 39.0 Å². The average molecular weight is 386 g/mol. The largest absolute Gasteiger partial charge is 0.381 e. The molecule has 0 aromatic heterocycles. The smallest absolute Gasteiger partial charge is 0.0598 e. The zero-order chi connectivity index (χ0) is 20.1. The van der Waals surface area contributed by atoms with Crippen LogP contribution in [0, 0.1) is 17.8 Å². The van der Waals surface area contributed by atoms with Gasteiger partial charge in [0.25, 0.3) is 0 Å². The zero-order valence-corrected chi connectivity index (χ0v) is 19.0. The van der Waals surface area contributed by atoms with Gasteiger partial charge in [0.05, 0.1) is 19.3 Å². The number of rotatable bonds is 3. The molecule has 0 amide bonds. The number of nitrogens with zero attached hydrogens (tertiary/aromatic N) is 1. The summed E-state index contributed by atoms with van der Waals surface area (Å²) >= 11 is 0. The van der Waals surface area contributed by atoms with Gasteiger partial charge in [-0.25, -0.2) is 0 Å². The lowest BCUT2D eigenvalue weighted by atomic mass is 9.91. The summed E-state index contributed by atoms with van der Waals surface area (Å²) in [5, 5.41) is 0. The fraction of sp³-hybridized carbons (Fsp3) is 1.00. The molecule has 0 bridgehead atoms. The highest BCUT2D eigenvalue weighted by Gasteiger charge is 2.17. The van der Waals surface area contributed by atoms with Gasteiger partial charge >= 0.3 is 0 Å². The van der Waals surface area contributed by atoms with Crippen molar-refractivity contribution in [3.8, 4) is 0 Å². The lowest BCUT2D eigenvalue weighted by Crippen LogP contribution is -2.40. The second-order valence-corrected chi connectivity index (χ2v) is 9.11. The second kappa shape index (κ2) is 14.8. The molecule has 162 valence electrons. The number of hydrogen-bond acceptors (Lipinski definition) is 4. The Kier molecular flexibility index (Phi) is 13.6. The summed E-state index contributed by atoms with van der Waals surface area (Å²) < 4.78 is 16.1. The molecule has 0 aromatic carbocycles. The van der Waals surface area contributed by atoms with E-state index in [1.54, 1.807) is 0 Å². The van der Waals surface area contributed by atoms with Crippen molar-refractivity contribution in [2.75, 3.05) is 46.1 Å². The van der Waals surface area contributed by atoms with E-state index in [0.717, 1.165) is 58.0 Å². The molecule has 4 nitrogen and oxygen atoms in total. The first kappa shape index (κ1) is 24.9. The van der Waals surface area contributed by atoms with E-state index in [-0.39, 0.29) is 0 Å². The molecule has 3 fully saturated rings. The Bertz CT molecular complexity index is 276. The summed E-state index contributed by atoms with van der Waals surface area (Å²) in [5.74, 6) is 2.36. The normalized spacial score (nSPS) is 27.0. The summed E-state index contributed by atoms with van der Waals surface area (Å²) in [6, 6.07) is 0.689. The summed E-state index contributed by atoms with van der Waals surface area (Å²) in [7, 11) is 0. The van der Waals surface area contributed by atoms with E-state index in [1.807, 2.05) is 0 Å². The first-order valence-corrected chi connectivity index (χ1v) is 11.4. The minimum Gasteiger partial charge on any atom is -0.381 e. The van der Waals surface area contributed by atoms with Crippen LogP contribution in [0.3, 0.4) is 0 Å². The molecular weight excluding hydrogens is 338 g/mol. The molecule has 0 radical (unpaired) electrons.